The quantitative estimate of drug-likeness (QED) is 0.746. The molecule has 0 bridgehead atoms. The minimum absolute atomic E-state index is 0.128. The molecule has 2 aromatic carbocycles. The van der Waals surface area contributed by atoms with Crippen LogP contribution in [-0.2, 0) is 26.2 Å². The number of hydrogen-bond acceptors (Lipinski definition) is 4. The molecule has 164 valence electrons. The normalized spacial score (nSPS) is 20.1. The fourth-order valence-electron chi connectivity index (χ4n) is 4.21. The summed E-state index contributed by atoms with van der Waals surface area (Å²) in [5.41, 5.74) is 1.77. The summed E-state index contributed by atoms with van der Waals surface area (Å²) in [6.45, 7) is 1.68. The van der Waals surface area contributed by atoms with Crippen LogP contribution in [-0.4, -0.2) is 44.2 Å². The van der Waals surface area contributed by atoms with Gasteiger partial charge in [-0.25, -0.2) is 8.42 Å². The van der Waals surface area contributed by atoms with Crippen LogP contribution in [0.25, 0.3) is 0 Å². The van der Waals surface area contributed by atoms with E-state index < -0.39 is 10.0 Å². The highest BCUT2D eigenvalue weighted by Crippen LogP contribution is 2.25. The number of sulfonamides is 1. The van der Waals surface area contributed by atoms with Crippen molar-refractivity contribution in [2.24, 2.45) is 5.92 Å². The van der Waals surface area contributed by atoms with Crippen molar-refractivity contribution in [2.75, 3.05) is 24.5 Å². The number of carbonyl (C=O) groups is 2. The van der Waals surface area contributed by atoms with Crippen LogP contribution in [0.5, 0.6) is 0 Å². The third kappa shape index (κ3) is 4.80. The molecule has 0 aromatic heterocycles. The van der Waals surface area contributed by atoms with Crippen LogP contribution in [0.3, 0.4) is 0 Å². The van der Waals surface area contributed by atoms with Gasteiger partial charge in [-0.3, -0.25) is 9.59 Å². The lowest BCUT2D eigenvalue weighted by Crippen LogP contribution is -2.45. The van der Waals surface area contributed by atoms with Crippen LogP contribution in [0.4, 0.5) is 5.69 Å². The molecule has 2 saturated heterocycles. The number of anilines is 1. The highest BCUT2D eigenvalue weighted by Gasteiger charge is 2.33. The number of rotatable bonds is 6. The van der Waals surface area contributed by atoms with Crippen LogP contribution in [0.15, 0.2) is 59.5 Å². The van der Waals surface area contributed by atoms with Gasteiger partial charge in [0.1, 0.15) is 0 Å². The molecule has 2 aliphatic heterocycles. The second kappa shape index (κ2) is 9.20. The summed E-state index contributed by atoms with van der Waals surface area (Å²) < 4.78 is 27.2. The van der Waals surface area contributed by atoms with Gasteiger partial charge in [0.2, 0.25) is 21.8 Å². The zero-order valence-corrected chi connectivity index (χ0v) is 18.2. The van der Waals surface area contributed by atoms with Crippen molar-refractivity contribution in [1.82, 2.24) is 9.62 Å². The molecule has 1 N–H and O–H groups in total. The number of carbonyl (C=O) groups excluding carboxylic acids is 2. The molecule has 1 atom stereocenters. The third-order valence-electron chi connectivity index (χ3n) is 5.90. The number of amides is 2. The van der Waals surface area contributed by atoms with Gasteiger partial charge in [0, 0.05) is 38.3 Å². The number of benzene rings is 2. The summed E-state index contributed by atoms with van der Waals surface area (Å²) in [6.07, 6.45) is 2.75. The molecule has 31 heavy (non-hydrogen) atoms. The Morgan fingerprint density at radius 1 is 1.03 bits per heavy atom. The first kappa shape index (κ1) is 21.5. The first-order valence-corrected chi connectivity index (χ1v) is 12.1. The number of piperidine rings is 1. The van der Waals surface area contributed by atoms with Gasteiger partial charge in [-0.1, -0.05) is 30.3 Å². The molecule has 4 rings (SSSR count). The predicted molar refractivity (Wildman–Crippen MR) is 118 cm³/mol. The maximum absolute atomic E-state index is 12.9. The lowest BCUT2D eigenvalue weighted by atomic mass is 9.98. The van der Waals surface area contributed by atoms with E-state index in [1.807, 2.05) is 24.3 Å². The van der Waals surface area contributed by atoms with Crippen molar-refractivity contribution >= 4 is 27.5 Å². The van der Waals surface area contributed by atoms with Crippen molar-refractivity contribution in [3.8, 4) is 0 Å². The fraction of sp³-hybridized carbons (Fsp3) is 0.391. The van der Waals surface area contributed by atoms with Crippen LogP contribution in [0, 0.1) is 5.92 Å². The zero-order chi connectivity index (χ0) is 21.8. The van der Waals surface area contributed by atoms with E-state index in [9.17, 15) is 18.0 Å². The van der Waals surface area contributed by atoms with Gasteiger partial charge in [-0.15, -0.1) is 0 Å². The Balaban J connectivity index is 1.37. The largest absolute Gasteiger partial charge is 0.352 e. The summed E-state index contributed by atoms with van der Waals surface area (Å²) in [5, 5.41) is 2.95. The summed E-state index contributed by atoms with van der Waals surface area (Å²) in [4.78, 5) is 26.8. The van der Waals surface area contributed by atoms with Gasteiger partial charge in [-0.2, -0.15) is 4.31 Å². The summed E-state index contributed by atoms with van der Waals surface area (Å²) >= 11 is 0. The van der Waals surface area contributed by atoms with Gasteiger partial charge in [0.05, 0.1) is 10.8 Å². The summed E-state index contributed by atoms with van der Waals surface area (Å²) in [6, 6.07) is 16.0. The molecule has 0 saturated carbocycles. The first-order valence-electron chi connectivity index (χ1n) is 10.7. The van der Waals surface area contributed by atoms with Gasteiger partial charge in [0.15, 0.2) is 0 Å². The average Bonchev–Trinajstić information content (AvgIpc) is 3.24. The fourth-order valence-corrected chi connectivity index (χ4v) is 5.75. The molecule has 8 heteroatoms. The van der Waals surface area contributed by atoms with Crippen LogP contribution in [0.1, 0.15) is 31.2 Å². The molecule has 0 unspecified atom stereocenters. The molecule has 0 spiro atoms. The lowest BCUT2D eigenvalue weighted by molar-refractivity contribution is -0.126. The zero-order valence-electron chi connectivity index (χ0n) is 17.4. The van der Waals surface area contributed by atoms with Crippen molar-refractivity contribution in [2.45, 2.75) is 37.1 Å². The second-order valence-corrected chi connectivity index (χ2v) is 9.99. The molecule has 2 fully saturated rings. The number of nitrogens with one attached hydrogen (secondary N) is 1. The van der Waals surface area contributed by atoms with Crippen molar-refractivity contribution in [3.63, 3.8) is 0 Å². The third-order valence-corrected chi connectivity index (χ3v) is 7.78. The monoisotopic (exact) mass is 441 g/mol. The number of nitrogens with zero attached hydrogens (tertiary/aromatic N) is 2. The molecule has 2 aromatic rings. The Labute approximate surface area is 183 Å². The van der Waals surface area contributed by atoms with Crippen molar-refractivity contribution in [1.29, 1.82) is 0 Å². The Bertz CT molecular complexity index is 1060. The summed E-state index contributed by atoms with van der Waals surface area (Å²) in [7, 11) is -3.60. The van der Waals surface area contributed by atoms with E-state index >= 15 is 0 Å². The van der Waals surface area contributed by atoms with Crippen molar-refractivity contribution in [3.05, 3.63) is 60.2 Å². The maximum Gasteiger partial charge on any atom is 0.243 e. The van der Waals surface area contributed by atoms with Crippen LogP contribution >= 0.6 is 0 Å². The van der Waals surface area contributed by atoms with E-state index in [0.29, 0.717) is 32.4 Å². The molecule has 0 aliphatic carbocycles. The standard InChI is InChI=1S/C23H27N3O4S/c27-22-12-6-14-26(22)20-9-4-7-18(15-20)16-24-23(28)19-8-5-13-25(17-19)31(29,30)21-10-2-1-3-11-21/h1-4,7,9-11,15,19H,5-6,8,12-14,16-17H2,(H,24,28)/t19-/m0/s1. The highest BCUT2D eigenvalue weighted by atomic mass is 32.2. The van der Waals surface area contributed by atoms with E-state index in [0.717, 1.165) is 24.2 Å². The second-order valence-electron chi connectivity index (χ2n) is 8.05. The topological polar surface area (TPSA) is 86.8 Å². The average molecular weight is 442 g/mol. The highest BCUT2D eigenvalue weighted by molar-refractivity contribution is 7.89. The predicted octanol–water partition coefficient (Wildman–Crippen LogP) is 2.53. The van der Waals surface area contributed by atoms with Crippen LogP contribution < -0.4 is 10.2 Å². The van der Waals surface area contributed by atoms with Crippen LogP contribution in [0.2, 0.25) is 0 Å². The molecule has 0 radical (unpaired) electrons. The smallest absolute Gasteiger partial charge is 0.243 e. The Morgan fingerprint density at radius 3 is 2.58 bits per heavy atom. The minimum atomic E-state index is -3.60. The van der Waals surface area contributed by atoms with E-state index in [1.165, 1.54) is 4.31 Å². The minimum Gasteiger partial charge on any atom is -0.352 e. The van der Waals surface area contributed by atoms with Gasteiger partial charge in [0.25, 0.3) is 0 Å². The molecule has 7 nitrogen and oxygen atoms in total. The van der Waals surface area contributed by atoms with E-state index in [1.54, 1.807) is 35.2 Å². The maximum atomic E-state index is 12.9. The lowest BCUT2D eigenvalue weighted by Gasteiger charge is -2.31. The van der Waals surface area contributed by atoms with E-state index in [-0.39, 0.29) is 29.2 Å². The number of hydrogen-bond donors (Lipinski definition) is 1. The van der Waals surface area contributed by atoms with Crippen molar-refractivity contribution < 1.29 is 18.0 Å². The summed E-state index contributed by atoms with van der Waals surface area (Å²) in [5.74, 6) is -0.394. The Hall–Kier alpha value is -2.71. The first-order chi connectivity index (χ1) is 14.9. The SMILES string of the molecule is O=C(NCc1cccc(N2CCCC2=O)c1)[C@H]1CCCN(S(=O)(=O)c2ccccc2)C1. The molecule has 2 amide bonds. The molecular weight excluding hydrogens is 414 g/mol. The van der Waals surface area contributed by atoms with E-state index in [4.69, 9.17) is 0 Å². The Morgan fingerprint density at radius 2 is 1.84 bits per heavy atom. The molecule has 2 heterocycles. The molecule has 2 aliphatic rings. The van der Waals surface area contributed by atoms with Gasteiger partial charge >= 0.3 is 0 Å². The van der Waals surface area contributed by atoms with E-state index in [2.05, 4.69) is 5.32 Å². The van der Waals surface area contributed by atoms with Gasteiger partial charge < -0.3 is 10.2 Å². The van der Waals surface area contributed by atoms with Gasteiger partial charge in [-0.05, 0) is 49.1 Å². The Kier molecular flexibility index (Phi) is 6.38. The molecular formula is C23H27N3O4S.